The molecule has 0 unspecified atom stereocenters. The van der Waals surface area contributed by atoms with Crippen LogP contribution in [-0.4, -0.2) is 11.9 Å². The minimum absolute atomic E-state index is 0.225. The van der Waals surface area contributed by atoms with Gasteiger partial charge in [-0.25, -0.2) is 0 Å². The molecule has 0 saturated carbocycles. The van der Waals surface area contributed by atoms with Crippen molar-refractivity contribution in [3.8, 4) is 33.8 Å². The average molecular weight is 481 g/mol. The Morgan fingerprint density at radius 1 is 0.472 bits per heavy atom. The van der Waals surface area contributed by atoms with E-state index in [2.05, 4.69) is 0 Å². The fourth-order valence-corrected chi connectivity index (χ4v) is 3.69. The molecule has 0 radical (unpaired) electrons. The number of nitrogens with two attached hydrogens (primary N) is 2. The van der Waals surface area contributed by atoms with Gasteiger partial charge in [-0.2, -0.15) is 0 Å². The Hall–Kier alpha value is -4.58. The molecule has 0 aliphatic rings. The van der Waals surface area contributed by atoms with Crippen LogP contribution in [0.25, 0.3) is 22.3 Å². The van der Waals surface area contributed by atoms with Gasteiger partial charge in [0.15, 0.2) is 0 Å². The van der Waals surface area contributed by atoms with Crippen molar-refractivity contribution in [1.29, 1.82) is 0 Å². The minimum Gasteiger partial charge on any atom is -0.427 e. The molecule has 182 valence electrons. The van der Waals surface area contributed by atoms with Gasteiger partial charge in [-0.3, -0.25) is 9.59 Å². The number of anilines is 2. The van der Waals surface area contributed by atoms with Crippen molar-refractivity contribution in [3.05, 3.63) is 97.1 Å². The van der Waals surface area contributed by atoms with Gasteiger partial charge in [0.05, 0.1) is 0 Å². The van der Waals surface area contributed by atoms with Crippen LogP contribution in [0.15, 0.2) is 97.1 Å². The van der Waals surface area contributed by atoms with Crippen LogP contribution in [0, 0.1) is 0 Å². The van der Waals surface area contributed by atoms with Gasteiger partial charge in [-0.05, 0) is 83.6 Å². The Morgan fingerprint density at radius 2 is 0.750 bits per heavy atom. The number of rotatable bonds is 9. The van der Waals surface area contributed by atoms with Crippen LogP contribution in [0.1, 0.15) is 25.7 Å². The largest absolute Gasteiger partial charge is 0.427 e. The monoisotopic (exact) mass is 480 g/mol. The van der Waals surface area contributed by atoms with Gasteiger partial charge in [0.25, 0.3) is 0 Å². The topological polar surface area (TPSA) is 105 Å². The Morgan fingerprint density at radius 3 is 1.06 bits per heavy atom. The standard InChI is InChI=1S/C30H28N2O4/c31-25-13-5-21(6-14-25)23-9-17-27(18-10-23)35-29(33)3-1-2-4-30(34)36-28-19-11-24(12-20-28)22-7-15-26(32)16-8-22/h5-20H,1-4,31-32H2. The molecule has 4 N–H and O–H groups in total. The van der Waals surface area contributed by atoms with E-state index in [4.69, 9.17) is 20.9 Å². The lowest BCUT2D eigenvalue weighted by molar-refractivity contribution is -0.136. The molecule has 0 aliphatic heterocycles. The predicted molar refractivity (Wildman–Crippen MR) is 142 cm³/mol. The Balaban J connectivity index is 1.16. The fourth-order valence-electron chi connectivity index (χ4n) is 3.69. The molecule has 0 bridgehead atoms. The summed E-state index contributed by atoms with van der Waals surface area (Å²) in [5.41, 5.74) is 17.0. The van der Waals surface area contributed by atoms with Crippen molar-refractivity contribution in [2.24, 2.45) is 0 Å². The van der Waals surface area contributed by atoms with Gasteiger partial charge in [-0.15, -0.1) is 0 Å². The number of esters is 2. The minimum atomic E-state index is -0.332. The van der Waals surface area contributed by atoms with E-state index < -0.39 is 0 Å². The van der Waals surface area contributed by atoms with Crippen molar-refractivity contribution < 1.29 is 19.1 Å². The lowest BCUT2D eigenvalue weighted by Crippen LogP contribution is -2.10. The van der Waals surface area contributed by atoms with Crippen LogP contribution in [0.4, 0.5) is 11.4 Å². The summed E-state index contributed by atoms with van der Waals surface area (Å²) in [6.45, 7) is 0. The Kier molecular flexibility index (Phi) is 7.98. The zero-order chi connectivity index (χ0) is 25.3. The smallest absolute Gasteiger partial charge is 0.311 e. The van der Waals surface area contributed by atoms with Gasteiger partial charge in [0, 0.05) is 24.2 Å². The number of nitrogen functional groups attached to an aromatic ring is 2. The predicted octanol–water partition coefficient (Wildman–Crippen LogP) is 6.26. The molecule has 0 aliphatic carbocycles. The lowest BCUT2D eigenvalue weighted by Gasteiger charge is -2.07. The van der Waals surface area contributed by atoms with Crippen LogP contribution in [0.3, 0.4) is 0 Å². The molecule has 36 heavy (non-hydrogen) atoms. The Bertz CT molecular complexity index is 1190. The number of unbranched alkanes of at least 4 members (excludes halogenated alkanes) is 1. The molecule has 0 atom stereocenters. The molecule has 0 saturated heterocycles. The van der Waals surface area contributed by atoms with Gasteiger partial charge in [-0.1, -0.05) is 48.5 Å². The summed E-state index contributed by atoms with van der Waals surface area (Å²) in [4.78, 5) is 24.3. The summed E-state index contributed by atoms with van der Waals surface area (Å²) in [5.74, 6) is 0.311. The first-order valence-corrected chi connectivity index (χ1v) is 11.8. The maximum absolute atomic E-state index is 12.1. The first kappa shape index (κ1) is 24.5. The van der Waals surface area contributed by atoms with E-state index in [9.17, 15) is 9.59 Å². The molecule has 4 rings (SSSR count). The zero-order valence-corrected chi connectivity index (χ0v) is 19.9. The van der Waals surface area contributed by atoms with Gasteiger partial charge >= 0.3 is 11.9 Å². The third kappa shape index (κ3) is 6.96. The summed E-state index contributed by atoms with van der Waals surface area (Å²) >= 11 is 0. The zero-order valence-electron chi connectivity index (χ0n) is 19.9. The fraction of sp³-hybridized carbons (Fsp3) is 0.133. The van der Waals surface area contributed by atoms with Gasteiger partial charge in [0.1, 0.15) is 11.5 Å². The Labute approximate surface area is 210 Å². The highest BCUT2D eigenvalue weighted by Gasteiger charge is 2.09. The number of ether oxygens (including phenoxy) is 2. The molecule has 0 fully saturated rings. The number of benzene rings is 4. The molecule has 0 heterocycles. The highest BCUT2D eigenvalue weighted by atomic mass is 16.5. The van der Waals surface area contributed by atoms with Gasteiger partial charge < -0.3 is 20.9 Å². The summed E-state index contributed by atoms with van der Waals surface area (Å²) in [6.07, 6.45) is 1.52. The van der Waals surface area contributed by atoms with Crippen LogP contribution in [0.2, 0.25) is 0 Å². The van der Waals surface area contributed by atoms with Gasteiger partial charge in [0.2, 0.25) is 0 Å². The maximum Gasteiger partial charge on any atom is 0.311 e. The average Bonchev–Trinajstić information content (AvgIpc) is 2.89. The van der Waals surface area contributed by atoms with Crippen molar-refractivity contribution in [3.63, 3.8) is 0 Å². The highest BCUT2D eigenvalue weighted by Crippen LogP contribution is 2.25. The summed E-state index contributed by atoms with van der Waals surface area (Å²) in [7, 11) is 0. The van der Waals surface area contributed by atoms with E-state index in [1.54, 1.807) is 24.3 Å². The van der Waals surface area contributed by atoms with E-state index in [0.717, 1.165) is 22.3 Å². The quantitative estimate of drug-likeness (QED) is 0.127. The molecular formula is C30H28N2O4. The normalized spacial score (nSPS) is 10.6. The number of carbonyl (C=O) groups excluding carboxylic acids is 2. The van der Waals surface area contributed by atoms with Crippen molar-refractivity contribution in [2.75, 3.05) is 11.5 Å². The molecule has 0 amide bonds. The first-order valence-electron chi connectivity index (χ1n) is 11.8. The summed E-state index contributed by atoms with van der Waals surface area (Å²) in [5, 5.41) is 0. The molecule has 0 aromatic heterocycles. The van der Waals surface area contributed by atoms with Crippen molar-refractivity contribution >= 4 is 23.3 Å². The van der Waals surface area contributed by atoms with Crippen LogP contribution >= 0.6 is 0 Å². The molecule has 6 heteroatoms. The summed E-state index contributed by atoms with van der Waals surface area (Å²) < 4.78 is 10.8. The third-order valence-electron chi connectivity index (χ3n) is 5.67. The SMILES string of the molecule is Nc1ccc(-c2ccc(OC(=O)CCCCC(=O)Oc3ccc(-c4ccc(N)cc4)cc3)cc2)cc1. The van der Waals surface area contributed by atoms with Crippen LogP contribution < -0.4 is 20.9 Å². The lowest BCUT2D eigenvalue weighted by atomic mass is 10.1. The highest BCUT2D eigenvalue weighted by molar-refractivity contribution is 5.74. The van der Waals surface area contributed by atoms with E-state index in [0.29, 0.717) is 35.7 Å². The second-order valence-electron chi connectivity index (χ2n) is 8.45. The molecule has 4 aromatic carbocycles. The van der Waals surface area contributed by atoms with E-state index >= 15 is 0 Å². The second-order valence-corrected chi connectivity index (χ2v) is 8.45. The van der Waals surface area contributed by atoms with Crippen LogP contribution in [-0.2, 0) is 9.59 Å². The maximum atomic E-state index is 12.1. The second kappa shape index (κ2) is 11.7. The third-order valence-corrected chi connectivity index (χ3v) is 5.67. The number of carbonyl (C=O) groups is 2. The molecular weight excluding hydrogens is 452 g/mol. The van der Waals surface area contributed by atoms with E-state index in [-0.39, 0.29) is 24.8 Å². The molecule has 0 spiro atoms. The van der Waals surface area contributed by atoms with E-state index in [1.165, 1.54) is 0 Å². The first-order chi connectivity index (χ1) is 17.5. The molecule has 4 aromatic rings. The number of hydrogen-bond donors (Lipinski definition) is 2. The summed E-state index contributed by atoms with van der Waals surface area (Å²) in [6, 6.07) is 29.8. The van der Waals surface area contributed by atoms with Crippen molar-refractivity contribution in [2.45, 2.75) is 25.7 Å². The van der Waals surface area contributed by atoms with E-state index in [1.807, 2.05) is 72.8 Å². The number of hydrogen-bond acceptors (Lipinski definition) is 6. The van der Waals surface area contributed by atoms with Crippen molar-refractivity contribution in [1.82, 2.24) is 0 Å². The molecule has 6 nitrogen and oxygen atoms in total. The van der Waals surface area contributed by atoms with Crippen LogP contribution in [0.5, 0.6) is 11.5 Å².